The first kappa shape index (κ1) is 9.30. The van der Waals surface area contributed by atoms with Crippen LogP contribution < -0.4 is 0 Å². The van der Waals surface area contributed by atoms with E-state index < -0.39 is 0 Å². The number of nitrogens with zero attached hydrogens (tertiary/aromatic N) is 5. The van der Waals surface area contributed by atoms with Crippen LogP contribution in [0, 0.1) is 6.92 Å². The summed E-state index contributed by atoms with van der Waals surface area (Å²) in [4.78, 5) is 6.88. The number of imidazole rings is 1. The zero-order chi connectivity index (χ0) is 10.7. The molecule has 15 heavy (non-hydrogen) atoms. The maximum atomic E-state index is 8.33. The fraction of sp³-hybridized carbons (Fsp3) is 0.100. The molecule has 2 aromatic rings. The smallest absolute Gasteiger partial charge is 0.110 e. The lowest BCUT2D eigenvalue weighted by molar-refractivity contribution is 0.975. The third kappa shape index (κ3) is 1.82. The Kier molecular flexibility index (Phi) is 2.39. The van der Waals surface area contributed by atoms with E-state index in [1.54, 1.807) is 12.3 Å². The number of aromatic nitrogens is 2. The molecule has 0 bridgehead atoms. The fourth-order valence-electron chi connectivity index (χ4n) is 1.41. The predicted octanol–water partition coefficient (Wildman–Crippen LogP) is 3.12. The summed E-state index contributed by atoms with van der Waals surface area (Å²) in [6.07, 6.45) is 3.60. The lowest BCUT2D eigenvalue weighted by Gasteiger charge is -2.04. The number of hydrogen-bond donors (Lipinski definition) is 0. The molecule has 0 fully saturated rings. The van der Waals surface area contributed by atoms with Gasteiger partial charge < -0.3 is 4.57 Å². The van der Waals surface area contributed by atoms with Gasteiger partial charge in [0.05, 0.1) is 0 Å². The van der Waals surface area contributed by atoms with Crippen molar-refractivity contribution in [2.24, 2.45) is 5.11 Å². The Morgan fingerprint density at radius 2 is 2.33 bits per heavy atom. The molecular weight excluding hydrogens is 190 g/mol. The summed E-state index contributed by atoms with van der Waals surface area (Å²) in [6.45, 7) is 1.92. The Morgan fingerprint density at radius 3 is 3.00 bits per heavy atom. The predicted molar refractivity (Wildman–Crippen MR) is 57.1 cm³/mol. The van der Waals surface area contributed by atoms with E-state index >= 15 is 0 Å². The second kappa shape index (κ2) is 3.86. The lowest BCUT2D eigenvalue weighted by Crippen LogP contribution is -1.94. The fourth-order valence-corrected chi connectivity index (χ4v) is 1.41. The van der Waals surface area contributed by atoms with Crippen LogP contribution in [0.25, 0.3) is 16.1 Å². The van der Waals surface area contributed by atoms with Gasteiger partial charge in [-0.05, 0) is 24.6 Å². The summed E-state index contributed by atoms with van der Waals surface area (Å²) in [5.74, 6) is 0.896. The molecule has 0 radical (unpaired) electrons. The first-order chi connectivity index (χ1) is 7.31. The third-order valence-electron chi connectivity index (χ3n) is 2.09. The first-order valence-electron chi connectivity index (χ1n) is 4.47. The van der Waals surface area contributed by atoms with Gasteiger partial charge >= 0.3 is 0 Å². The van der Waals surface area contributed by atoms with Crippen molar-refractivity contribution in [3.63, 3.8) is 0 Å². The highest BCUT2D eigenvalue weighted by molar-refractivity contribution is 5.47. The first-order valence-corrected chi connectivity index (χ1v) is 4.47. The molecule has 74 valence electrons. The molecule has 0 aliphatic carbocycles. The van der Waals surface area contributed by atoms with Gasteiger partial charge in [0.2, 0.25) is 0 Å². The van der Waals surface area contributed by atoms with Crippen LogP contribution in [-0.4, -0.2) is 9.55 Å². The number of aryl methyl sites for hydroxylation is 1. The SMILES string of the molecule is Cc1nccn1-c1cccc(N=[N+]=[N-])c1. The van der Waals surface area contributed by atoms with Crippen molar-refractivity contribution in [3.05, 3.63) is 52.9 Å². The van der Waals surface area contributed by atoms with Crippen LogP contribution in [-0.2, 0) is 0 Å². The molecule has 0 aliphatic heterocycles. The Labute approximate surface area is 86.6 Å². The molecule has 1 heterocycles. The quantitative estimate of drug-likeness (QED) is 0.416. The van der Waals surface area contributed by atoms with Crippen molar-refractivity contribution in [2.75, 3.05) is 0 Å². The Balaban J connectivity index is 2.50. The van der Waals surface area contributed by atoms with Crippen molar-refractivity contribution in [3.8, 4) is 5.69 Å². The molecule has 0 saturated carbocycles. The number of azide groups is 1. The van der Waals surface area contributed by atoms with Crippen LogP contribution in [0.5, 0.6) is 0 Å². The summed E-state index contributed by atoms with van der Waals surface area (Å²) in [5.41, 5.74) is 9.87. The second-order valence-corrected chi connectivity index (χ2v) is 3.05. The number of rotatable bonds is 2. The van der Waals surface area contributed by atoms with E-state index in [9.17, 15) is 0 Å². The summed E-state index contributed by atoms with van der Waals surface area (Å²) in [5, 5.41) is 3.55. The molecule has 0 unspecified atom stereocenters. The van der Waals surface area contributed by atoms with Crippen LogP contribution in [0.2, 0.25) is 0 Å². The van der Waals surface area contributed by atoms with Gasteiger partial charge in [-0.2, -0.15) is 0 Å². The third-order valence-corrected chi connectivity index (χ3v) is 2.09. The van der Waals surface area contributed by atoms with Crippen molar-refractivity contribution in [1.82, 2.24) is 9.55 Å². The van der Waals surface area contributed by atoms with E-state index in [1.165, 1.54) is 0 Å². The highest BCUT2D eigenvalue weighted by Crippen LogP contribution is 2.18. The molecule has 0 spiro atoms. The zero-order valence-electron chi connectivity index (χ0n) is 8.20. The molecule has 0 aliphatic rings. The van der Waals surface area contributed by atoms with Crippen LogP contribution in [0.15, 0.2) is 41.8 Å². The molecule has 5 heteroatoms. The van der Waals surface area contributed by atoms with Crippen LogP contribution in [0.4, 0.5) is 5.69 Å². The van der Waals surface area contributed by atoms with Gasteiger partial charge in [-0.3, -0.25) is 0 Å². The molecule has 0 amide bonds. The van der Waals surface area contributed by atoms with Gasteiger partial charge in [-0.25, -0.2) is 4.98 Å². The zero-order valence-corrected chi connectivity index (χ0v) is 8.20. The summed E-state index contributed by atoms with van der Waals surface area (Å²) in [6, 6.07) is 7.35. The van der Waals surface area contributed by atoms with E-state index in [2.05, 4.69) is 15.0 Å². The van der Waals surface area contributed by atoms with Crippen LogP contribution >= 0.6 is 0 Å². The average Bonchev–Trinajstić information content (AvgIpc) is 2.65. The standard InChI is InChI=1S/C10H9N5/c1-8-12-5-6-15(8)10-4-2-3-9(7-10)13-14-11/h2-7H,1H3. The molecule has 1 aromatic heterocycles. The topological polar surface area (TPSA) is 66.6 Å². The molecule has 0 saturated heterocycles. The maximum absolute atomic E-state index is 8.33. The Hall–Kier alpha value is -2.26. The van der Waals surface area contributed by atoms with E-state index in [4.69, 9.17) is 5.53 Å². The second-order valence-electron chi connectivity index (χ2n) is 3.05. The van der Waals surface area contributed by atoms with Gasteiger partial charge in [0.1, 0.15) is 5.82 Å². The monoisotopic (exact) mass is 199 g/mol. The van der Waals surface area contributed by atoms with Crippen molar-refractivity contribution in [2.45, 2.75) is 6.92 Å². The maximum Gasteiger partial charge on any atom is 0.110 e. The Bertz CT molecular complexity index is 522. The number of benzene rings is 1. The van der Waals surface area contributed by atoms with Gasteiger partial charge in [-0.1, -0.05) is 17.2 Å². The van der Waals surface area contributed by atoms with E-state index in [0.29, 0.717) is 5.69 Å². The van der Waals surface area contributed by atoms with Crippen molar-refractivity contribution in [1.29, 1.82) is 0 Å². The minimum Gasteiger partial charge on any atom is -0.304 e. The average molecular weight is 199 g/mol. The van der Waals surface area contributed by atoms with Gasteiger partial charge in [-0.15, -0.1) is 0 Å². The normalized spacial score (nSPS) is 9.67. The van der Waals surface area contributed by atoms with Crippen LogP contribution in [0.3, 0.4) is 0 Å². The molecular formula is C10H9N5. The minimum absolute atomic E-state index is 0.600. The molecule has 2 rings (SSSR count). The van der Waals surface area contributed by atoms with Gasteiger partial charge in [0.25, 0.3) is 0 Å². The van der Waals surface area contributed by atoms with Gasteiger partial charge in [0.15, 0.2) is 0 Å². The molecule has 0 N–H and O–H groups in total. The van der Waals surface area contributed by atoms with E-state index in [0.717, 1.165) is 11.5 Å². The van der Waals surface area contributed by atoms with Gasteiger partial charge in [0, 0.05) is 28.7 Å². The van der Waals surface area contributed by atoms with E-state index in [-0.39, 0.29) is 0 Å². The largest absolute Gasteiger partial charge is 0.304 e. The highest BCUT2D eigenvalue weighted by Gasteiger charge is 1.99. The summed E-state index contributed by atoms with van der Waals surface area (Å²) < 4.78 is 1.93. The van der Waals surface area contributed by atoms with Crippen LogP contribution in [0.1, 0.15) is 5.82 Å². The summed E-state index contributed by atoms with van der Waals surface area (Å²) >= 11 is 0. The molecule has 0 atom stereocenters. The van der Waals surface area contributed by atoms with Crippen molar-refractivity contribution < 1.29 is 0 Å². The van der Waals surface area contributed by atoms with Crippen molar-refractivity contribution >= 4 is 5.69 Å². The summed E-state index contributed by atoms with van der Waals surface area (Å²) in [7, 11) is 0. The number of hydrogen-bond acceptors (Lipinski definition) is 2. The molecule has 1 aromatic carbocycles. The van der Waals surface area contributed by atoms with E-state index in [1.807, 2.05) is 35.9 Å². The lowest BCUT2D eigenvalue weighted by atomic mass is 10.3. The minimum atomic E-state index is 0.600. The Morgan fingerprint density at radius 1 is 1.47 bits per heavy atom. The highest BCUT2D eigenvalue weighted by atomic mass is 15.1. The molecule has 5 nitrogen and oxygen atoms in total.